The molecule has 0 spiro atoms. The summed E-state index contributed by atoms with van der Waals surface area (Å²) in [5.41, 5.74) is 16.3. The van der Waals surface area contributed by atoms with Crippen LogP contribution in [0, 0.1) is 6.92 Å². The number of benzene rings is 2. The number of hydrogen-bond acceptors (Lipinski definition) is 4. The molecular weight excluding hydrogens is 242 g/mol. The predicted octanol–water partition coefficient (Wildman–Crippen LogP) is 3.44. The maximum Gasteiger partial charge on any atom is 0.124 e. The molecule has 0 saturated heterocycles. The fourth-order valence-corrected chi connectivity index (χ4v) is 2.84. The molecule has 1 heterocycles. The molecule has 4 N–H and O–H groups in total. The molecule has 0 aliphatic rings. The van der Waals surface area contributed by atoms with Crippen LogP contribution in [0.25, 0.3) is 20.8 Å². The molecular formula is C14H13N3S. The van der Waals surface area contributed by atoms with E-state index in [0.717, 1.165) is 37.7 Å². The van der Waals surface area contributed by atoms with Gasteiger partial charge in [0.25, 0.3) is 0 Å². The molecule has 3 rings (SSSR count). The quantitative estimate of drug-likeness (QED) is 0.655. The van der Waals surface area contributed by atoms with Gasteiger partial charge in [0.1, 0.15) is 5.01 Å². The number of thiazole rings is 1. The lowest BCUT2D eigenvalue weighted by Crippen LogP contribution is -1.87. The molecule has 90 valence electrons. The van der Waals surface area contributed by atoms with E-state index in [1.807, 2.05) is 43.3 Å². The minimum Gasteiger partial charge on any atom is -0.399 e. The molecule has 18 heavy (non-hydrogen) atoms. The third kappa shape index (κ3) is 1.80. The monoisotopic (exact) mass is 255 g/mol. The van der Waals surface area contributed by atoms with Gasteiger partial charge >= 0.3 is 0 Å². The van der Waals surface area contributed by atoms with Crippen LogP contribution in [0.3, 0.4) is 0 Å². The number of aryl methyl sites for hydroxylation is 1. The highest BCUT2D eigenvalue weighted by Crippen LogP contribution is 2.32. The van der Waals surface area contributed by atoms with Crippen molar-refractivity contribution in [2.24, 2.45) is 0 Å². The molecule has 1 aromatic heterocycles. The van der Waals surface area contributed by atoms with Crippen molar-refractivity contribution in [3.63, 3.8) is 0 Å². The van der Waals surface area contributed by atoms with Crippen LogP contribution in [-0.2, 0) is 0 Å². The Bertz CT molecular complexity index is 675. The van der Waals surface area contributed by atoms with Crippen LogP contribution in [0.2, 0.25) is 0 Å². The zero-order chi connectivity index (χ0) is 12.7. The zero-order valence-electron chi connectivity index (χ0n) is 9.97. The van der Waals surface area contributed by atoms with E-state index in [1.165, 1.54) is 0 Å². The van der Waals surface area contributed by atoms with Crippen molar-refractivity contribution in [3.05, 3.63) is 42.0 Å². The summed E-state index contributed by atoms with van der Waals surface area (Å²) in [5.74, 6) is 0. The first-order valence-corrected chi connectivity index (χ1v) is 6.48. The number of nitrogen functional groups attached to an aromatic ring is 2. The van der Waals surface area contributed by atoms with Gasteiger partial charge in [-0.1, -0.05) is 0 Å². The molecule has 0 aliphatic heterocycles. The summed E-state index contributed by atoms with van der Waals surface area (Å²) >= 11 is 1.65. The first-order chi connectivity index (χ1) is 8.63. The Kier molecular flexibility index (Phi) is 2.45. The van der Waals surface area contributed by atoms with Crippen molar-refractivity contribution in [2.75, 3.05) is 11.5 Å². The summed E-state index contributed by atoms with van der Waals surface area (Å²) in [6, 6.07) is 11.8. The maximum atomic E-state index is 5.92. The second-order valence-electron chi connectivity index (χ2n) is 4.32. The van der Waals surface area contributed by atoms with Gasteiger partial charge in [0.15, 0.2) is 0 Å². The van der Waals surface area contributed by atoms with Gasteiger partial charge in [-0.15, -0.1) is 11.3 Å². The van der Waals surface area contributed by atoms with E-state index < -0.39 is 0 Å². The van der Waals surface area contributed by atoms with Gasteiger partial charge in [-0.25, -0.2) is 4.98 Å². The van der Waals surface area contributed by atoms with E-state index in [9.17, 15) is 0 Å². The Morgan fingerprint density at radius 3 is 2.50 bits per heavy atom. The second kappa shape index (κ2) is 3.99. The van der Waals surface area contributed by atoms with Crippen LogP contribution in [0.5, 0.6) is 0 Å². The fraction of sp³-hybridized carbons (Fsp3) is 0.0714. The van der Waals surface area contributed by atoms with Crippen molar-refractivity contribution in [1.29, 1.82) is 0 Å². The Labute approximate surface area is 109 Å². The molecule has 0 fully saturated rings. The maximum absolute atomic E-state index is 5.92. The van der Waals surface area contributed by atoms with Gasteiger partial charge < -0.3 is 11.5 Å². The molecule has 0 unspecified atom stereocenters. The Balaban J connectivity index is 2.16. The first kappa shape index (κ1) is 11.0. The number of hydrogen-bond donors (Lipinski definition) is 2. The number of anilines is 2. The van der Waals surface area contributed by atoms with Gasteiger partial charge in [0.2, 0.25) is 0 Å². The normalized spacial score (nSPS) is 10.9. The van der Waals surface area contributed by atoms with E-state index in [1.54, 1.807) is 11.3 Å². The summed E-state index contributed by atoms with van der Waals surface area (Å²) in [6.45, 7) is 2.00. The zero-order valence-corrected chi connectivity index (χ0v) is 10.8. The standard InChI is InChI=1S/C14H13N3S/c1-8-6-12-13(7-11(8)16)18-14(17-12)9-2-4-10(15)5-3-9/h2-7H,15-16H2,1H3. The van der Waals surface area contributed by atoms with Gasteiger partial charge in [-0.05, 0) is 48.9 Å². The molecule has 4 heteroatoms. The Morgan fingerprint density at radius 2 is 1.78 bits per heavy atom. The molecule has 2 aromatic carbocycles. The summed E-state index contributed by atoms with van der Waals surface area (Å²) in [5, 5.41) is 0.995. The number of rotatable bonds is 1. The van der Waals surface area contributed by atoms with Gasteiger partial charge in [0.05, 0.1) is 10.2 Å². The molecule has 0 amide bonds. The largest absolute Gasteiger partial charge is 0.399 e. The lowest BCUT2D eigenvalue weighted by molar-refractivity contribution is 1.44. The van der Waals surface area contributed by atoms with Crippen LogP contribution < -0.4 is 11.5 Å². The Morgan fingerprint density at radius 1 is 1.06 bits per heavy atom. The molecule has 0 aliphatic carbocycles. The summed E-state index contributed by atoms with van der Waals surface area (Å²) < 4.78 is 1.12. The topological polar surface area (TPSA) is 64.9 Å². The van der Waals surface area contributed by atoms with Gasteiger partial charge in [-0.2, -0.15) is 0 Å². The van der Waals surface area contributed by atoms with E-state index in [2.05, 4.69) is 4.98 Å². The van der Waals surface area contributed by atoms with Crippen LogP contribution in [0.15, 0.2) is 36.4 Å². The van der Waals surface area contributed by atoms with Crippen molar-refractivity contribution in [2.45, 2.75) is 6.92 Å². The van der Waals surface area contributed by atoms with Crippen LogP contribution in [0.1, 0.15) is 5.56 Å². The van der Waals surface area contributed by atoms with E-state index in [-0.39, 0.29) is 0 Å². The molecule has 0 bridgehead atoms. The van der Waals surface area contributed by atoms with Gasteiger partial charge in [0, 0.05) is 16.9 Å². The van der Waals surface area contributed by atoms with Crippen molar-refractivity contribution >= 4 is 32.9 Å². The van der Waals surface area contributed by atoms with Gasteiger partial charge in [-0.3, -0.25) is 0 Å². The van der Waals surface area contributed by atoms with Crippen molar-refractivity contribution in [1.82, 2.24) is 4.98 Å². The predicted molar refractivity (Wildman–Crippen MR) is 78.6 cm³/mol. The van der Waals surface area contributed by atoms with E-state index in [4.69, 9.17) is 11.5 Å². The number of aromatic nitrogens is 1. The lowest BCUT2D eigenvalue weighted by Gasteiger charge is -1.97. The van der Waals surface area contributed by atoms with Crippen LogP contribution >= 0.6 is 11.3 Å². The third-order valence-electron chi connectivity index (χ3n) is 2.93. The Hall–Kier alpha value is -2.07. The minimum absolute atomic E-state index is 0.764. The smallest absolute Gasteiger partial charge is 0.124 e. The highest BCUT2D eigenvalue weighted by Gasteiger charge is 2.07. The summed E-state index contributed by atoms with van der Waals surface area (Å²) in [4.78, 5) is 4.64. The number of nitrogens with zero attached hydrogens (tertiary/aromatic N) is 1. The summed E-state index contributed by atoms with van der Waals surface area (Å²) in [6.07, 6.45) is 0. The SMILES string of the molecule is Cc1cc2nc(-c3ccc(N)cc3)sc2cc1N. The lowest BCUT2D eigenvalue weighted by atomic mass is 10.2. The highest BCUT2D eigenvalue weighted by molar-refractivity contribution is 7.21. The summed E-state index contributed by atoms with van der Waals surface area (Å²) in [7, 11) is 0. The minimum atomic E-state index is 0.764. The average molecular weight is 255 g/mol. The third-order valence-corrected chi connectivity index (χ3v) is 4.00. The number of fused-ring (bicyclic) bond motifs is 1. The first-order valence-electron chi connectivity index (χ1n) is 5.66. The molecule has 0 saturated carbocycles. The number of nitrogens with two attached hydrogens (primary N) is 2. The average Bonchev–Trinajstić information content (AvgIpc) is 2.73. The highest BCUT2D eigenvalue weighted by atomic mass is 32.1. The fourth-order valence-electron chi connectivity index (χ4n) is 1.84. The molecule has 3 aromatic rings. The molecule has 0 atom stereocenters. The molecule has 0 radical (unpaired) electrons. The van der Waals surface area contributed by atoms with Crippen LogP contribution in [-0.4, -0.2) is 4.98 Å². The van der Waals surface area contributed by atoms with Crippen molar-refractivity contribution < 1.29 is 0 Å². The van der Waals surface area contributed by atoms with E-state index >= 15 is 0 Å². The second-order valence-corrected chi connectivity index (χ2v) is 5.35. The van der Waals surface area contributed by atoms with Crippen LogP contribution in [0.4, 0.5) is 11.4 Å². The van der Waals surface area contributed by atoms with E-state index in [0.29, 0.717) is 0 Å². The van der Waals surface area contributed by atoms with Crippen molar-refractivity contribution in [3.8, 4) is 10.6 Å². The molecule has 3 nitrogen and oxygen atoms in total.